The Hall–Kier alpha value is -3.32. The average molecular weight is 523 g/mol. The third kappa shape index (κ3) is 10.2. The number of unbranched alkanes of at least 4 members (excludes halogenated alkanes) is 4. The van der Waals surface area contributed by atoms with Gasteiger partial charge in [0.05, 0.1) is 18.6 Å². The summed E-state index contributed by atoms with van der Waals surface area (Å²) in [5.74, 6) is -0.217. The van der Waals surface area contributed by atoms with Crippen LogP contribution in [0.15, 0.2) is 48.5 Å². The summed E-state index contributed by atoms with van der Waals surface area (Å²) in [7, 11) is 0. The van der Waals surface area contributed by atoms with Crippen LogP contribution in [0.4, 0.5) is 11.4 Å². The largest absolute Gasteiger partial charge is 0.462 e. The third-order valence-electron chi connectivity index (χ3n) is 6.90. The van der Waals surface area contributed by atoms with Crippen LogP contribution >= 0.6 is 0 Å². The van der Waals surface area contributed by atoms with Crippen molar-refractivity contribution in [1.82, 2.24) is 0 Å². The molecule has 1 aliphatic carbocycles. The van der Waals surface area contributed by atoms with E-state index in [4.69, 9.17) is 25.7 Å². The lowest BCUT2D eigenvalue weighted by Crippen LogP contribution is -2.29. The molecule has 2 aromatic carbocycles. The lowest BCUT2D eigenvalue weighted by atomic mass is 9.87. The number of hydrogen-bond donors (Lipinski definition) is 2. The number of benzene rings is 2. The SMILES string of the molecule is CCCCCCCOC1CCC(C(=O)Oc2ccc(/C=C/C(=O)OCCc3cc(N)ccc3N)cc2)CC1. The Morgan fingerprint density at radius 2 is 1.66 bits per heavy atom. The Morgan fingerprint density at radius 1 is 0.921 bits per heavy atom. The van der Waals surface area contributed by atoms with Gasteiger partial charge in [-0.3, -0.25) is 4.79 Å². The van der Waals surface area contributed by atoms with Gasteiger partial charge in [0.25, 0.3) is 0 Å². The van der Waals surface area contributed by atoms with E-state index in [1.54, 1.807) is 48.5 Å². The maximum absolute atomic E-state index is 12.6. The van der Waals surface area contributed by atoms with E-state index in [9.17, 15) is 9.59 Å². The molecular formula is C31H42N2O5. The minimum Gasteiger partial charge on any atom is -0.462 e. The summed E-state index contributed by atoms with van der Waals surface area (Å²) >= 11 is 0. The highest BCUT2D eigenvalue weighted by Crippen LogP contribution is 2.28. The number of carbonyl (C=O) groups is 2. The molecule has 0 amide bonds. The number of nitrogens with two attached hydrogens (primary N) is 2. The Morgan fingerprint density at radius 3 is 2.39 bits per heavy atom. The van der Waals surface area contributed by atoms with Gasteiger partial charge in [0, 0.05) is 30.5 Å². The Bertz CT molecular complexity index is 1040. The molecule has 7 nitrogen and oxygen atoms in total. The molecule has 206 valence electrons. The Balaban J connectivity index is 1.33. The van der Waals surface area contributed by atoms with Gasteiger partial charge in [-0.1, -0.05) is 44.7 Å². The van der Waals surface area contributed by atoms with Crippen molar-refractivity contribution in [3.8, 4) is 5.75 Å². The zero-order valence-corrected chi connectivity index (χ0v) is 22.5. The number of nitrogen functional groups attached to an aromatic ring is 2. The number of carbonyl (C=O) groups excluding carboxylic acids is 2. The van der Waals surface area contributed by atoms with Crippen LogP contribution in [0.1, 0.15) is 75.8 Å². The first kappa shape index (κ1) is 29.2. The average Bonchev–Trinajstić information content (AvgIpc) is 2.92. The first-order valence-electron chi connectivity index (χ1n) is 13.9. The van der Waals surface area contributed by atoms with Crippen LogP contribution in [-0.2, 0) is 25.5 Å². The highest BCUT2D eigenvalue weighted by molar-refractivity contribution is 5.87. The molecule has 2 aromatic rings. The predicted molar refractivity (Wildman–Crippen MR) is 151 cm³/mol. The summed E-state index contributed by atoms with van der Waals surface area (Å²) in [5, 5.41) is 0. The van der Waals surface area contributed by atoms with Crippen molar-refractivity contribution in [2.24, 2.45) is 5.92 Å². The molecule has 0 aliphatic heterocycles. The quantitative estimate of drug-likeness (QED) is 0.101. The van der Waals surface area contributed by atoms with Crippen molar-refractivity contribution < 1.29 is 23.8 Å². The maximum Gasteiger partial charge on any atom is 0.330 e. The van der Waals surface area contributed by atoms with E-state index >= 15 is 0 Å². The van der Waals surface area contributed by atoms with Gasteiger partial charge in [-0.15, -0.1) is 0 Å². The van der Waals surface area contributed by atoms with Crippen LogP contribution in [0.25, 0.3) is 6.08 Å². The van der Waals surface area contributed by atoms with E-state index in [0.29, 0.717) is 23.5 Å². The second-order valence-corrected chi connectivity index (χ2v) is 9.96. The molecule has 0 radical (unpaired) electrons. The molecule has 3 rings (SSSR count). The molecule has 0 aromatic heterocycles. The summed E-state index contributed by atoms with van der Waals surface area (Å²) in [5.41, 5.74) is 14.6. The number of rotatable bonds is 14. The van der Waals surface area contributed by atoms with Crippen molar-refractivity contribution in [3.63, 3.8) is 0 Å². The van der Waals surface area contributed by atoms with Crippen LogP contribution in [-0.4, -0.2) is 31.3 Å². The highest BCUT2D eigenvalue weighted by Gasteiger charge is 2.28. The molecule has 0 bridgehead atoms. The van der Waals surface area contributed by atoms with E-state index in [0.717, 1.165) is 49.8 Å². The molecule has 0 atom stereocenters. The number of hydrogen-bond acceptors (Lipinski definition) is 7. The zero-order chi connectivity index (χ0) is 27.2. The van der Waals surface area contributed by atoms with Gasteiger partial charge in [-0.25, -0.2) is 4.79 Å². The van der Waals surface area contributed by atoms with Crippen LogP contribution in [0, 0.1) is 5.92 Å². The van der Waals surface area contributed by atoms with Crippen molar-refractivity contribution in [2.75, 3.05) is 24.7 Å². The normalized spacial score (nSPS) is 17.4. The van der Waals surface area contributed by atoms with Gasteiger partial charge < -0.3 is 25.7 Å². The van der Waals surface area contributed by atoms with Gasteiger partial charge in [0.1, 0.15) is 5.75 Å². The minimum atomic E-state index is -0.445. The fourth-order valence-corrected chi connectivity index (χ4v) is 4.58. The molecular weight excluding hydrogens is 480 g/mol. The van der Waals surface area contributed by atoms with Gasteiger partial charge in [-0.05, 0) is 79.6 Å². The summed E-state index contributed by atoms with van der Waals surface area (Å²) < 4.78 is 16.9. The molecule has 1 fully saturated rings. The summed E-state index contributed by atoms with van der Waals surface area (Å²) in [6.45, 7) is 3.25. The Kier molecular flexibility index (Phi) is 12.2. The van der Waals surface area contributed by atoms with Gasteiger partial charge in [-0.2, -0.15) is 0 Å². The van der Waals surface area contributed by atoms with Crippen molar-refractivity contribution in [3.05, 3.63) is 59.7 Å². The highest BCUT2D eigenvalue weighted by atomic mass is 16.5. The second-order valence-electron chi connectivity index (χ2n) is 9.96. The first-order chi connectivity index (χ1) is 18.4. The van der Waals surface area contributed by atoms with Crippen LogP contribution < -0.4 is 16.2 Å². The summed E-state index contributed by atoms with van der Waals surface area (Å²) in [4.78, 5) is 24.7. The molecule has 0 unspecified atom stereocenters. The predicted octanol–water partition coefficient (Wildman–Crippen LogP) is 6.10. The Labute approximate surface area is 226 Å². The topological polar surface area (TPSA) is 114 Å². The fourth-order valence-electron chi connectivity index (χ4n) is 4.58. The zero-order valence-electron chi connectivity index (χ0n) is 22.5. The van der Waals surface area contributed by atoms with Crippen LogP contribution in [0.3, 0.4) is 0 Å². The van der Waals surface area contributed by atoms with Crippen molar-refractivity contribution in [2.45, 2.75) is 77.2 Å². The van der Waals surface area contributed by atoms with Crippen molar-refractivity contribution in [1.29, 1.82) is 0 Å². The lowest BCUT2D eigenvalue weighted by molar-refractivity contribution is -0.141. The number of ether oxygens (including phenoxy) is 3. The van der Waals surface area contributed by atoms with Crippen molar-refractivity contribution >= 4 is 29.4 Å². The maximum atomic E-state index is 12.6. The van der Waals surface area contributed by atoms with Crippen LogP contribution in [0.2, 0.25) is 0 Å². The molecule has 0 spiro atoms. The van der Waals surface area contributed by atoms with Crippen LogP contribution in [0.5, 0.6) is 5.75 Å². The molecule has 0 heterocycles. The third-order valence-corrected chi connectivity index (χ3v) is 6.90. The molecule has 4 N–H and O–H groups in total. The second kappa shape index (κ2) is 15.8. The molecule has 1 saturated carbocycles. The van der Waals surface area contributed by atoms with E-state index in [1.165, 1.54) is 31.8 Å². The monoisotopic (exact) mass is 522 g/mol. The van der Waals surface area contributed by atoms with E-state index in [2.05, 4.69) is 6.92 Å². The fraction of sp³-hybridized carbons (Fsp3) is 0.484. The van der Waals surface area contributed by atoms with E-state index < -0.39 is 5.97 Å². The van der Waals surface area contributed by atoms with E-state index in [-0.39, 0.29) is 24.6 Å². The molecule has 1 aliphatic rings. The summed E-state index contributed by atoms with van der Waals surface area (Å²) in [6, 6.07) is 12.3. The minimum absolute atomic E-state index is 0.0866. The number of esters is 2. The molecule has 0 saturated heterocycles. The first-order valence-corrected chi connectivity index (χ1v) is 13.9. The molecule has 38 heavy (non-hydrogen) atoms. The van der Waals surface area contributed by atoms with E-state index in [1.807, 2.05) is 0 Å². The lowest BCUT2D eigenvalue weighted by Gasteiger charge is -2.27. The number of anilines is 2. The smallest absolute Gasteiger partial charge is 0.330 e. The summed E-state index contributed by atoms with van der Waals surface area (Å²) in [6.07, 6.45) is 13.4. The van der Waals surface area contributed by atoms with Gasteiger partial charge in [0.2, 0.25) is 0 Å². The standard InChI is InChI=1S/C31H42N2O5/c1-2-3-4-5-6-20-36-27-15-10-24(11-16-27)31(35)38-28-13-7-23(8-14-28)9-18-30(34)37-21-19-25-22-26(32)12-17-29(25)33/h7-9,12-14,17-18,22,24,27H,2-6,10-11,15-16,19-21,32-33H2,1H3/b18-9+. The van der Waals surface area contributed by atoms with Gasteiger partial charge in [0.15, 0.2) is 0 Å². The van der Waals surface area contributed by atoms with Gasteiger partial charge >= 0.3 is 11.9 Å². The molecule has 7 heteroatoms.